The smallest absolute Gasteiger partial charge is 0.317 e. The van der Waals surface area contributed by atoms with E-state index in [-0.39, 0.29) is 11.4 Å². The number of benzene rings is 1. The van der Waals surface area contributed by atoms with Crippen LogP contribution in [0.5, 0.6) is 5.75 Å². The summed E-state index contributed by atoms with van der Waals surface area (Å²) in [6, 6.07) is 9.37. The second-order valence-corrected chi connectivity index (χ2v) is 5.15. The van der Waals surface area contributed by atoms with E-state index in [0.29, 0.717) is 5.75 Å². The molecule has 0 aliphatic carbocycles. The molecule has 0 aromatic heterocycles. The van der Waals surface area contributed by atoms with Gasteiger partial charge in [0.2, 0.25) is 0 Å². The summed E-state index contributed by atoms with van der Waals surface area (Å²) in [6.45, 7) is 6.35. The van der Waals surface area contributed by atoms with Gasteiger partial charge in [0.25, 0.3) is 0 Å². The quantitative estimate of drug-likeness (QED) is 0.375. The van der Waals surface area contributed by atoms with Crippen molar-refractivity contribution in [2.75, 3.05) is 0 Å². The molecule has 0 N–H and O–H groups in total. The van der Waals surface area contributed by atoms with Crippen molar-refractivity contribution in [2.45, 2.75) is 59.3 Å². The lowest BCUT2D eigenvalue weighted by Gasteiger charge is -2.29. The lowest BCUT2D eigenvalue weighted by molar-refractivity contribution is -0.147. The zero-order valence-electron chi connectivity index (χ0n) is 12.4. The predicted octanol–water partition coefficient (Wildman–Crippen LogP) is 4.98. The van der Waals surface area contributed by atoms with Gasteiger partial charge in [-0.25, -0.2) is 0 Å². The zero-order valence-corrected chi connectivity index (χ0v) is 12.4. The van der Waals surface area contributed by atoms with E-state index in [4.69, 9.17) is 4.74 Å². The first kappa shape index (κ1) is 15.7. The van der Waals surface area contributed by atoms with Gasteiger partial charge in [-0.2, -0.15) is 0 Å². The standard InChI is InChI=1S/C17H26O2/c1-4-7-11-14-17(5-2,6-3)16(18)19-15-12-9-8-10-13-15/h8-10,12-13H,4-7,11,14H2,1-3H3. The maximum Gasteiger partial charge on any atom is 0.317 e. The minimum atomic E-state index is -0.314. The number of unbranched alkanes of at least 4 members (excludes halogenated alkanes) is 2. The molecule has 1 rings (SSSR count). The van der Waals surface area contributed by atoms with E-state index in [2.05, 4.69) is 20.8 Å². The Morgan fingerprint density at radius 1 is 1.05 bits per heavy atom. The van der Waals surface area contributed by atoms with Crippen molar-refractivity contribution >= 4 is 5.97 Å². The molecule has 19 heavy (non-hydrogen) atoms. The van der Waals surface area contributed by atoms with Crippen LogP contribution in [-0.2, 0) is 4.79 Å². The average Bonchev–Trinajstić information content (AvgIpc) is 2.45. The van der Waals surface area contributed by atoms with Gasteiger partial charge in [0, 0.05) is 0 Å². The number of carbonyl (C=O) groups is 1. The molecule has 0 atom stereocenters. The van der Waals surface area contributed by atoms with Gasteiger partial charge in [0.15, 0.2) is 0 Å². The third kappa shape index (κ3) is 4.38. The van der Waals surface area contributed by atoms with Crippen LogP contribution < -0.4 is 4.74 Å². The highest BCUT2D eigenvalue weighted by Gasteiger charge is 2.36. The SMILES string of the molecule is CCCCCC(CC)(CC)C(=O)Oc1ccccc1. The number of hydrogen-bond donors (Lipinski definition) is 0. The number of carbonyl (C=O) groups excluding carboxylic acids is 1. The highest BCUT2D eigenvalue weighted by Crippen LogP contribution is 2.34. The Morgan fingerprint density at radius 2 is 1.68 bits per heavy atom. The summed E-state index contributed by atoms with van der Waals surface area (Å²) in [5, 5.41) is 0. The number of hydrogen-bond acceptors (Lipinski definition) is 2. The van der Waals surface area contributed by atoms with E-state index in [9.17, 15) is 4.79 Å². The van der Waals surface area contributed by atoms with Crippen molar-refractivity contribution in [1.29, 1.82) is 0 Å². The summed E-state index contributed by atoms with van der Waals surface area (Å²) in [5.74, 6) is 0.578. The Labute approximate surface area is 117 Å². The molecule has 0 spiro atoms. The van der Waals surface area contributed by atoms with Crippen molar-refractivity contribution in [3.63, 3.8) is 0 Å². The Bertz CT molecular complexity index is 366. The van der Waals surface area contributed by atoms with Gasteiger partial charge in [0.05, 0.1) is 5.41 Å². The van der Waals surface area contributed by atoms with Crippen LogP contribution in [0, 0.1) is 5.41 Å². The highest BCUT2D eigenvalue weighted by molar-refractivity contribution is 5.79. The highest BCUT2D eigenvalue weighted by atomic mass is 16.5. The number of esters is 1. The fourth-order valence-electron chi connectivity index (χ4n) is 2.41. The zero-order chi connectivity index (χ0) is 14.1. The van der Waals surface area contributed by atoms with Crippen LogP contribution in [0.4, 0.5) is 0 Å². The molecule has 0 heterocycles. The summed E-state index contributed by atoms with van der Waals surface area (Å²) in [7, 11) is 0. The predicted molar refractivity (Wildman–Crippen MR) is 79.2 cm³/mol. The molecule has 1 aromatic carbocycles. The lowest BCUT2D eigenvalue weighted by atomic mass is 9.78. The van der Waals surface area contributed by atoms with Crippen molar-refractivity contribution in [2.24, 2.45) is 5.41 Å². The third-order valence-electron chi connectivity index (χ3n) is 4.00. The van der Waals surface area contributed by atoms with Gasteiger partial charge in [-0.3, -0.25) is 4.79 Å². The molecule has 0 aliphatic heterocycles. The van der Waals surface area contributed by atoms with Crippen LogP contribution in [0.1, 0.15) is 59.3 Å². The van der Waals surface area contributed by atoms with Crippen LogP contribution in [0.2, 0.25) is 0 Å². The second kappa shape index (κ2) is 7.98. The summed E-state index contributed by atoms with van der Waals surface area (Å²) in [6.07, 6.45) is 6.08. The molecular formula is C17H26O2. The van der Waals surface area contributed by atoms with Gasteiger partial charge in [-0.05, 0) is 31.4 Å². The number of para-hydroxylation sites is 1. The number of rotatable bonds is 8. The molecule has 0 fully saturated rings. The van der Waals surface area contributed by atoms with E-state index in [0.717, 1.165) is 25.7 Å². The van der Waals surface area contributed by atoms with Crippen molar-refractivity contribution < 1.29 is 9.53 Å². The molecule has 1 aromatic rings. The van der Waals surface area contributed by atoms with E-state index in [1.165, 1.54) is 12.8 Å². The molecule has 106 valence electrons. The van der Waals surface area contributed by atoms with E-state index >= 15 is 0 Å². The summed E-state index contributed by atoms with van der Waals surface area (Å²) >= 11 is 0. The fourth-order valence-corrected chi connectivity index (χ4v) is 2.41. The van der Waals surface area contributed by atoms with E-state index in [1.54, 1.807) is 0 Å². The Morgan fingerprint density at radius 3 is 2.21 bits per heavy atom. The topological polar surface area (TPSA) is 26.3 Å². The minimum Gasteiger partial charge on any atom is -0.426 e. The fraction of sp³-hybridized carbons (Fsp3) is 0.588. The second-order valence-electron chi connectivity index (χ2n) is 5.15. The maximum atomic E-state index is 12.5. The Hall–Kier alpha value is -1.31. The largest absolute Gasteiger partial charge is 0.426 e. The molecule has 0 saturated carbocycles. The molecule has 0 aliphatic rings. The van der Waals surface area contributed by atoms with Crippen LogP contribution in [0.25, 0.3) is 0 Å². The minimum absolute atomic E-state index is 0.0696. The summed E-state index contributed by atoms with van der Waals surface area (Å²) in [5.41, 5.74) is -0.314. The first-order valence-electron chi connectivity index (χ1n) is 7.46. The van der Waals surface area contributed by atoms with Crippen molar-refractivity contribution in [3.8, 4) is 5.75 Å². The Balaban J connectivity index is 2.71. The molecular weight excluding hydrogens is 236 g/mol. The molecule has 0 unspecified atom stereocenters. The lowest BCUT2D eigenvalue weighted by Crippen LogP contribution is -2.34. The molecule has 2 nitrogen and oxygen atoms in total. The first-order valence-corrected chi connectivity index (χ1v) is 7.46. The van der Waals surface area contributed by atoms with Crippen LogP contribution in [0.3, 0.4) is 0 Å². The van der Waals surface area contributed by atoms with Crippen LogP contribution >= 0.6 is 0 Å². The first-order chi connectivity index (χ1) is 9.18. The molecule has 0 saturated heterocycles. The third-order valence-corrected chi connectivity index (χ3v) is 4.00. The van der Waals surface area contributed by atoms with Gasteiger partial charge >= 0.3 is 5.97 Å². The number of ether oxygens (including phenoxy) is 1. The molecule has 0 radical (unpaired) electrons. The molecule has 0 amide bonds. The monoisotopic (exact) mass is 262 g/mol. The molecule has 0 bridgehead atoms. The molecule has 2 heteroatoms. The van der Waals surface area contributed by atoms with Gasteiger partial charge in [0.1, 0.15) is 5.75 Å². The van der Waals surface area contributed by atoms with Crippen LogP contribution in [-0.4, -0.2) is 5.97 Å². The van der Waals surface area contributed by atoms with Gasteiger partial charge in [-0.1, -0.05) is 58.2 Å². The average molecular weight is 262 g/mol. The van der Waals surface area contributed by atoms with Crippen molar-refractivity contribution in [3.05, 3.63) is 30.3 Å². The summed E-state index contributed by atoms with van der Waals surface area (Å²) in [4.78, 5) is 12.5. The van der Waals surface area contributed by atoms with Gasteiger partial charge < -0.3 is 4.74 Å². The van der Waals surface area contributed by atoms with Crippen molar-refractivity contribution in [1.82, 2.24) is 0 Å². The van der Waals surface area contributed by atoms with E-state index < -0.39 is 0 Å². The van der Waals surface area contributed by atoms with Gasteiger partial charge in [-0.15, -0.1) is 0 Å². The normalized spacial score (nSPS) is 11.3. The van der Waals surface area contributed by atoms with Crippen LogP contribution in [0.15, 0.2) is 30.3 Å². The Kier molecular flexibility index (Phi) is 6.61. The van der Waals surface area contributed by atoms with E-state index in [1.807, 2.05) is 30.3 Å². The maximum absolute atomic E-state index is 12.5. The summed E-state index contributed by atoms with van der Waals surface area (Å²) < 4.78 is 5.55.